The minimum absolute atomic E-state index is 0.148. The van der Waals surface area contributed by atoms with Crippen LogP contribution in [0.4, 0.5) is 23.2 Å². The monoisotopic (exact) mass is 439 g/mol. The standard InChI is InChI=1S/C24H16F3NS2/c25-24(26,27)19-10-4-1-9-18(19)15-28(22-13-16-7-2-5-11-20(16)29-22)23-14-17-8-3-6-12-21(17)30-23/h1-14H,15H2. The molecule has 3 aromatic carbocycles. The third kappa shape index (κ3) is 3.57. The van der Waals surface area contributed by atoms with Crippen molar-refractivity contribution in [2.24, 2.45) is 0 Å². The number of thiophene rings is 2. The van der Waals surface area contributed by atoms with Crippen molar-refractivity contribution in [3.63, 3.8) is 0 Å². The molecule has 0 amide bonds. The molecule has 0 unspecified atom stereocenters. The van der Waals surface area contributed by atoms with Gasteiger partial charge in [0.1, 0.15) is 0 Å². The summed E-state index contributed by atoms with van der Waals surface area (Å²) >= 11 is 3.19. The Bertz CT molecular complexity index is 1190. The topological polar surface area (TPSA) is 3.24 Å². The molecule has 0 fully saturated rings. The first-order chi connectivity index (χ1) is 14.5. The second kappa shape index (κ2) is 7.45. The second-order valence-electron chi connectivity index (χ2n) is 6.99. The van der Waals surface area contributed by atoms with Crippen LogP contribution in [-0.4, -0.2) is 0 Å². The molecule has 0 saturated carbocycles. The number of benzene rings is 3. The Morgan fingerprint density at radius 1 is 0.667 bits per heavy atom. The maximum Gasteiger partial charge on any atom is 0.416 e. The number of hydrogen-bond donors (Lipinski definition) is 0. The van der Waals surface area contributed by atoms with E-state index in [1.165, 1.54) is 6.07 Å². The predicted octanol–water partition coefficient (Wildman–Crippen LogP) is 8.47. The molecule has 2 aromatic heterocycles. The van der Waals surface area contributed by atoms with Gasteiger partial charge in [-0.15, -0.1) is 22.7 Å². The van der Waals surface area contributed by atoms with Crippen molar-refractivity contribution in [1.82, 2.24) is 0 Å². The summed E-state index contributed by atoms with van der Waals surface area (Å²) in [6.45, 7) is 0.148. The van der Waals surface area contributed by atoms with E-state index in [-0.39, 0.29) is 12.1 Å². The molecular weight excluding hydrogens is 423 g/mol. The Labute approximate surface area is 179 Å². The fraction of sp³-hybridized carbons (Fsp3) is 0.0833. The van der Waals surface area contributed by atoms with Gasteiger partial charge in [-0.2, -0.15) is 13.2 Å². The second-order valence-corrected chi connectivity index (χ2v) is 9.11. The molecule has 0 radical (unpaired) electrons. The van der Waals surface area contributed by atoms with Gasteiger partial charge in [-0.05, 0) is 46.7 Å². The van der Waals surface area contributed by atoms with Crippen molar-refractivity contribution in [2.45, 2.75) is 12.7 Å². The van der Waals surface area contributed by atoms with Crippen LogP contribution in [0.5, 0.6) is 0 Å². The number of fused-ring (bicyclic) bond motifs is 2. The van der Waals surface area contributed by atoms with Crippen molar-refractivity contribution in [2.75, 3.05) is 4.90 Å². The largest absolute Gasteiger partial charge is 0.416 e. The average molecular weight is 440 g/mol. The van der Waals surface area contributed by atoms with Crippen LogP contribution in [0.2, 0.25) is 0 Å². The zero-order valence-electron chi connectivity index (χ0n) is 15.7. The molecule has 5 aromatic rings. The first-order valence-corrected chi connectivity index (χ1v) is 11.0. The summed E-state index contributed by atoms with van der Waals surface area (Å²) in [5.41, 5.74) is -0.322. The summed E-state index contributed by atoms with van der Waals surface area (Å²) in [4.78, 5) is 2.00. The highest BCUT2D eigenvalue weighted by Gasteiger charge is 2.33. The van der Waals surface area contributed by atoms with E-state index in [1.54, 1.807) is 34.8 Å². The van der Waals surface area contributed by atoms with E-state index in [1.807, 2.05) is 53.4 Å². The lowest BCUT2D eigenvalue weighted by atomic mass is 10.1. The third-order valence-electron chi connectivity index (χ3n) is 5.01. The molecule has 2 heterocycles. The van der Waals surface area contributed by atoms with Gasteiger partial charge in [0.25, 0.3) is 0 Å². The van der Waals surface area contributed by atoms with E-state index < -0.39 is 11.7 Å². The van der Waals surface area contributed by atoms with E-state index in [0.717, 1.165) is 36.2 Å². The van der Waals surface area contributed by atoms with E-state index in [9.17, 15) is 13.2 Å². The number of alkyl halides is 3. The van der Waals surface area contributed by atoms with Crippen LogP contribution >= 0.6 is 22.7 Å². The van der Waals surface area contributed by atoms with Gasteiger partial charge in [-0.25, -0.2) is 0 Å². The van der Waals surface area contributed by atoms with Gasteiger partial charge in [0.05, 0.1) is 22.1 Å². The highest BCUT2D eigenvalue weighted by atomic mass is 32.1. The molecular formula is C24H16F3NS2. The van der Waals surface area contributed by atoms with Crippen LogP contribution in [-0.2, 0) is 12.7 Å². The molecule has 0 spiro atoms. The fourth-order valence-electron chi connectivity index (χ4n) is 3.57. The van der Waals surface area contributed by atoms with Gasteiger partial charge < -0.3 is 4.90 Å². The smallest absolute Gasteiger partial charge is 0.320 e. The molecule has 150 valence electrons. The molecule has 0 aliphatic carbocycles. The molecule has 30 heavy (non-hydrogen) atoms. The van der Waals surface area contributed by atoms with Gasteiger partial charge in [0.2, 0.25) is 0 Å². The van der Waals surface area contributed by atoms with Crippen molar-refractivity contribution in [3.05, 3.63) is 96.1 Å². The lowest BCUT2D eigenvalue weighted by molar-refractivity contribution is -0.138. The molecule has 0 aliphatic rings. The molecule has 0 aliphatic heterocycles. The van der Waals surface area contributed by atoms with Gasteiger partial charge in [-0.1, -0.05) is 54.6 Å². The van der Waals surface area contributed by atoms with E-state index in [2.05, 4.69) is 12.1 Å². The molecule has 0 N–H and O–H groups in total. The summed E-state index contributed by atoms with van der Waals surface area (Å²) < 4.78 is 43.1. The minimum atomic E-state index is -4.39. The molecule has 5 rings (SSSR count). The molecule has 0 bridgehead atoms. The van der Waals surface area contributed by atoms with Crippen molar-refractivity contribution < 1.29 is 13.2 Å². The zero-order valence-corrected chi connectivity index (χ0v) is 17.3. The van der Waals surface area contributed by atoms with Crippen LogP contribution in [0.25, 0.3) is 20.2 Å². The fourth-order valence-corrected chi connectivity index (χ4v) is 5.78. The summed E-state index contributed by atoms with van der Waals surface area (Å²) in [6.07, 6.45) is -4.39. The van der Waals surface area contributed by atoms with Gasteiger partial charge in [-0.3, -0.25) is 0 Å². The predicted molar refractivity (Wildman–Crippen MR) is 121 cm³/mol. The van der Waals surface area contributed by atoms with Gasteiger partial charge in [0.15, 0.2) is 0 Å². The SMILES string of the molecule is FC(F)(F)c1ccccc1CN(c1cc2ccccc2s1)c1cc2ccccc2s1. The Morgan fingerprint density at radius 2 is 1.17 bits per heavy atom. The maximum absolute atomic E-state index is 13.6. The van der Waals surface area contributed by atoms with Crippen molar-refractivity contribution >= 4 is 52.8 Å². The average Bonchev–Trinajstić information content (AvgIpc) is 3.35. The van der Waals surface area contributed by atoms with Crippen LogP contribution in [0.3, 0.4) is 0 Å². The van der Waals surface area contributed by atoms with Crippen LogP contribution in [0, 0.1) is 0 Å². The Hall–Kier alpha value is -2.83. The van der Waals surface area contributed by atoms with E-state index in [4.69, 9.17) is 0 Å². The molecule has 0 saturated heterocycles. The summed E-state index contributed by atoms with van der Waals surface area (Å²) in [5, 5.41) is 4.04. The zero-order chi connectivity index (χ0) is 20.7. The molecule has 0 atom stereocenters. The minimum Gasteiger partial charge on any atom is -0.320 e. The number of rotatable bonds is 4. The third-order valence-corrected chi connectivity index (χ3v) is 7.29. The van der Waals surface area contributed by atoms with Gasteiger partial charge >= 0.3 is 6.18 Å². The van der Waals surface area contributed by atoms with E-state index >= 15 is 0 Å². The maximum atomic E-state index is 13.6. The molecule has 6 heteroatoms. The summed E-state index contributed by atoms with van der Waals surface area (Å²) in [7, 11) is 0. The Morgan fingerprint density at radius 3 is 1.70 bits per heavy atom. The van der Waals surface area contributed by atoms with Crippen molar-refractivity contribution in [3.8, 4) is 0 Å². The van der Waals surface area contributed by atoms with E-state index in [0.29, 0.717) is 0 Å². The quantitative estimate of drug-likeness (QED) is 0.271. The van der Waals surface area contributed by atoms with Crippen LogP contribution in [0.1, 0.15) is 11.1 Å². The summed E-state index contributed by atoms with van der Waals surface area (Å²) in [5.74, 6) is 0. The number of anilines is 2. The Kier molecular flexibility index (Phi) is 4.76. The van der Waals surface area contributed by atoms with Crippen LogP contribution in [0.15, 0.2) is 84.9 Å². The lowest BCUT2D eigenvalue weighted by Gasteiger charge is -2.23. The first kappa shape index (κ1) is 19.2. The Balaban J connectivity index is 1.65. The van der Waals surface area contributed by atoms with Crippen molar-refractivity contribution in [1.29, 1.82) is 0 Å². The highest BCUT2D eigenvalue weighted by Crippen LogP contribution is 2.43. The summed E-state index contributed by atoms with van der Waals surface area (Å²) in [6, 6.07) is 26.0. The highest BCUT2D eigenvalue weighted by molar-refractivity contribution is 7.25. The first-order valence-electron chi connectivity index (χ1n) is 9.39. The number of halogens is 3. The number of nitrogens with zero attached hydrogens (tertiary/aromatic N) is 1. The van der Waals surface area contributed by atoms with Gasteiger partial charge in [0, 0.05) is 9.40 Å². The normalized spacial score (nSPS) is 12.0. The molecule has 1 nitrogen and oxygen atoms in total. The number of hydrogen-bond acceptors (Lipinski definition) is 3. The van der Waals surface area contributed by atoms with Crippen LogP contribution < -0.4 is 4.90 Å². The lowest BCUT2D eigenvalue weighted by Crippen LogP contribution is -2.18.